The van der Waals surface area contributed by atoms with Gasteiger partial charge in [0.15, 0.2) is 0 Å². The number of benzene rings is 2. The van der Waals surface area contributed by atoms with Crippen molar-refractivity contribution in [3.05, 3.63) is 76.6 Å². The summed E-state index contributed by atoms with van der Waals surface area (Å²) in [5.74, 6) is -0.956. The first-order valence-electron chi connectivity index (χ1n) is 13.8. The van der Waals surface area contributed by atoms with Gasteiger partial charge >= 0.3 is 6.03 Å². The Bertz CT molecular complexity index is 1270. The first kappa shape index (κ1) is 31.4. The van der Waals surface area contributed by atoms with Crippen LogP contribution in [0.4, 0.5) is 9.18 Å². The fourth-order valence-electron chi connectivity index (χ4n) is 4.74. The fraction of sp³-hybridized carbons (Fsp3) is 0.414. The van der Waals surface area contributed by atoms with E-state index in [9.17, 15) is 18.8 Å². The third-order valence-electron chi connectivity index (χ3n) is 7.11. The molecule has 2 N–H and O–H groups in total. The number of hydroxylamine groups is 3. The second-order valence-electron chi connectivity index (χ2n) is 10.1. The van der Waals surface area contributed by atoms with E-state index in [1.165, 1.54) is 24.1 Å². The van der Waals surface area contributed by atoms with E-state index in [-0.39, 0.29) is 49.4 Å². The molecule has 0 radical (unpaired) electrons. The summed E-state index contributed by atoms with van der Waals surface area (Å²) < 4.78 is 14.0. The molecule has 1 atom stereocenters. The summed E-state index contributed by atoms with van der Waals surface area (Å²) in [6, 6.07) is 12.4. The number of amides is 4. The summed E-state index contributed by atoms with van der Waals surface area (Å²) in [5.41, 5.74) is 7.21. The van der Waals surface area contributed by atoms with Crippen molar-refractivity contribution in [2.24, 2.45) is 0 Å². The van der Waals surface area contributed by atoms with Crippen molar-refractivity contribution in [1.29, 1.82) is 0 Å². The lowest BCUT2D eigenvalue weighted by Gasteiger charge is -2.34. The van der Waals surface area contributed by atoms with Crippen LogP contribution < -0.4 is 10.9 Å². The summed E-state index contributed by atoms with van der Waals surface area (Å²) in [5, 5.41) is 2.38. The number of carbonyl (C=O) groups is 3. The van der Waals surface area contributed by atoms with Crippen LogP contribution in [0.1, 0.15) is 30.9 Å². The van der Waals surface area contributed by atoms with Gasteiger partial charge in [-0.1, -0.05) is 54.1 Å². The van der Waals surface area contributed by atoms with E-state index in [1.54, 1.807) is 17.0 Å². The monoisotopic (exact) mass is 602 g/mol. The number of hydrogen-bond donors (Lipinski definition) is 2. The van der Waals surface area contributed by atoms with Gasteiger partial charge in [0.25, 0.3) is 0 Å². The first-order valence-corrected chi connectivity index (χ1v) is 14.1. The molecule has 2 aliphatic heterocycles. The number of nitrogens with one attached hydrogen (secondary N) is 2. The van der Waals surface area contributed by atoms with Crippen LogP contribution >= 0.6 is 11.6 Å². The first-order chi connectivity index (χ1) is 20.2. The average Bonchev–Trinajstić information content (AvgIpc) is 3.48. The van der Waals surface area contributed by atoms with E-state index in [4.69, 9.17) is 21.3 Å². The Morgan fingerprint density at radius 3 is 2.55 bits per heavy atom. The summed E-state index contributed by atoms with van der Waals surface area (Å²) in [6.45, 7) is 4.35. The molecule has 4 rings (SSSR count). The minimum Gasteiger partial charge on any atom is -0.340 e. The molecule has 0 aromatic heterocycles. The number of nitrogens with zero attached hydrogens (tertiary/aromatic N) is 4. The molecule has 0 unspecified atom stereocenters. The van der Waals surface area contributed by atoms with Gasteiger partial charge in [0, 0.05) is 51.6 Å². The molecule has 1 saturated heterocycles. The molecule has 2 aromatic carbocycles. The summed E-state index contributed by atoms with van der Waals surface area (Å²) in [6.07, 6.45) is 2.19. The van der Waals surface area contributed by atoms with Crippen molar-refractivity contribution >= 4 is 35.1 Å². The minimum absolute atomic E-state index is 0.0306. The van der Waals surface area contributed by atoms with E-state index >= 15 is 0 Å². The molecule has 2 aromatic rings. The Labute approximate surface area is 249 Å². The van der Waals surface area contributed by atoms with Gasteiger partial charge in [-0.25, -0.2) is 20.1 Å². The van der Waals surface area contributed by atoms with Crippen molar-refractivity contribution in [2.45, 2.75) is 32.4 Å². The molecule has 0 saturated carbocycles. The molecule has 0 spiro atoms. The minimum atomic E-state index is -0.657. The zero-order valence-corrected chi connectivity index (χ0v) is 24.5. The molecule has 11 nitrogen and oxygen atoms in total. The zero-order valence-electron chi connectivity index (χ0n) is 23.7. The lowest BCUT2D eigenvalue weighted by Crippen LogP contribution is -2.52. The Hall–Kier alpha value is -3.55. The van der Waals surface area contributed by atoms with Crippen LogP contribution in [0.25, 0.3) is 5.70 Å². The fourth-order valence-corrected chi connectivity index (χ4v) is 4.93. The molecular formula is C29H36ClFN6O5. The van der Waals surface area contributed by atoms with E-state index < -0.39 is 17.9 Å². The Morgan fingerprint density at radius 2 is 1.83 bits per heavy atom. The van der Waals surface area contributed by atoms with Gasteiger partial charge in [-0.3, -0.25) is 24.3 Å². The number of halogens is 2. The lowest BCUT2D eigenvalue weighted by atomic mass is 10.1. The zero-order chi connectivity index (χ0) is 30.1. The van der Waals surface area contributed by atoms with Crippen LogP contribution in [-0.4, -0.2) is 90.2 Å². The molecule has 1 fully saturated rings. The van der Waals surface area contributed by atoms with Gasteiger partial charge in [0.05, 0.1) is 30.0 Å². The normalized spacial score (nSPS) is 16.2. The third kappa shape index (κ3) is 8.26. The van der Waals surface area contributed by atoms with Gasteiger partial charge < -0.3 is 9.80 Å². The van der Waals surface area contributed by atoms with Crippen LogP contribution in [0.2, 0.25) is 5.02 Å². The molecule has 0 aliphatic carbocycles. The number of carbonyl (C=O) groups excluding carboxylic acids is 3. The van der Waals surface area contributed by atoms with Crippen LogP contribution in [0, 0.1) is 5.82 Å². The number of likely N-dealkylation sites (N-methyl/N-ethyl adjacent to an activating group) is 1. The molecule has 13 heteroatoms. The third-order valence-corrected chi connectivity index (χ3v) is 7.53. The van der Waals surface area contributed by atoms with Crippen LogP contribution in [0.5, 0.6) is 0 Å². The predicted molar refractivity (Wildman–Crippen MR) is 155 cm³/mol. The van der Waals surface area contributed by atoms with Gasteiger partial charge in [-0.05, 0) is 31.2 Å². The lowest BCUT2D eigenvalue weighted by molar-refractivity contribution is -0.140. The molecule has 42 heavy (non-hydrogen) atoms. The summed E-state index contributed by atoms with van der Waals surface area (Å²) in [4.78, 5) is 53.6. The quantitative estimate of drug-likeness (QED) is 0.381. The number of hydrogen-bond acceptors (Lipinski definition) is 7. The molecule has 226 valence electrons. The van der Waals surface area contributed by atoms with Gasteiger partial charge in [0.2, 0.25) is 11.8 Å². The highest BCUT2D eigenvalue weighted by molar-refractivity contribution is 6.31. The average molecular weight is 603 g/mol. The Balaban J connectivity index is 1.41. The van der Waals surface area contributed by atoms with Crippen LogP contribution in [-0.2, 0) is 25.8 Å². The second kappa shape index (κ2) is 15.1. The summed E-state index contributed by atoms with van der Waals surface area (Å²) >= 11 is 6.11. The number of hydrazine groups is 1. The van der Waals surface area contributed by atoms with Crippen LogP contribution in [0.15, 0.2) is 54.6 Å². The number of piperazine rings is 1. The van der Waals surface area contributed by atoms with Gasteiger partial charge in [0.1, 0.15) is 5.82 Å². The Kier molecular flexibility index (Phi) is 11.3. The summed E-state index contributed by atoms with van der Waals surface area (Å²) in [7, 11) is 2.01. The van der Waals surface area contributed by atoms with Gasteiger partial charge in [-0.15, -0.1) is 0 Å². The van der Waals surface area contributed by atoms with Crippen molar-refractivity contribution in [3.8, 4) is 0 Å². The number of rotatable bonds is 11. The largest absolute Gasteiger partial charge is 0.370 e. The highest BCUT2D eigenvalue weighted by Gasteiger charge is 2.28. The topological polar surface area (TPSA) is 107 Å². The van der Waals surface area contributed by atoms with E-state index in [0.29, 0.717) is 24.4 Å². The standard InChI is InChI=1S/C29H36ClFN6O5/c1-21(38)36(32-19-23-9-6-10-25(31)28(23)30)24(11-12-27(39)35-16-14-34(2)15-17-35)20-41-33-29(40)37-26(13-18-42-37)22-7-4-3-5-8-22/h3-10,13,24,32H,11-12,14-20H2,1-2H3,(H,33,40)/t24-/m0/s1. The smallest absolute Gasteiger partial charge is 0.340 e. The van der Waals surface area contributed by atoms with E-state index in [1.807, 2.05) is 37.4 Å². The maximum atomic E-state index is 14.0. The highest BCUT2D eigenvalue weighted by Crippen LogP contribution is 2.24. The maximum Gasteiger partial charge on any atom is 0.370 e. The molecule has 0 bridgehead atoms. The van der Waals surface area contributed by atoms with Crippen molar-refractivity contribution < 1.29 is 28.4 Å². The second-order valence-corrected chi connectivity index (χ2v) is 10.5. The Morgan fingerprint density at radius 1 is 1.10 bits per heavy atom. The molecule has 4 amide bonds. The molecule has 2 aliphatic rings. The van der Waals surface area contributed by atoms with Crippen molar-refractivity contribution in [2.75, 3.05) is 46.4 Å². The van der Waals surface area contributed by atoms with E-state index in [2.05, 4.69) is 15.8 Å². The van der Waals surface area contributed by atoms with E-state index in [0.717, 1.165) is 23.7 Å². The van der Waals surface area contributed by atoms with Crippen molar-refractivity contribution in [3.63, 3.8) is 0 Å². The molecular weight excluding hydrogens is 567 g/mol. The predicted octanol–water partition coefficient (Wildman–Crippen LogP) is 3.18. The maximum absolute atomic E-state index is 14.0. The van der Waals surface area contributed by atoms with Gasteiger partial charge in [-0.2, -0.15) is 5.06 Å². The molecule has 2 heterocycles. The number of urea groups is 1. The van der Waals surface area contributed by atoms with Crippen molar-refractivity contribution in [1.82, 2.24) is 30.8 Å². The highest BCUT2D eigenvalue weighted by atomic mass is 35.5. The SMILES string of the molecule is CC(=O)N(NCc1cccc(F)c1Cl)[C@@H](CCC(=O)N1CCN(C)CC1)CONC(=O)N1OCC=C1c1ccccc1. The van der Waals surface area contributed by atoms with Crippen LogP contribution in [0.3, 0.4) is 0 Å².